The fraction of sp³-hybridized carbons (Fsp3) is 0.160. The normalized spacial score (nSPS) is 13.0. The number of hydrogen-bond acceptors (Lipinski definition) is 6. The zero-order chi connectivity index (χ0) is 24.3. The van der Waals surface area contributed by atoms with Gasteiger partial charge in [-0.1, -0.05) is 30.3 Å². The highest BCUT2D eigenvalue weighted by Gasteiger charge is 2.37. The third kappa shape index (κ3) is 4.29. The van der Waals surface area contributed by atoms with Crippen molar-refractivity contribution in [1.29, 1.82) is 0 Å². The molecule has 1 aliphatic heterocycles. The van der Waals surface area contributed by atoms with Crippen LogP contribution in [0.4, 0.5) is 5.69 Å². The van der Waals surface area contributed by atoms with Crippen molar-refractivity contribution in [1.82, 2.24) is 4.90 Å². The summed E-state index contributed by atoms with van der Waals surface area (Å²) in [5.41, 5.74) is 0.653. The average Bonchev–Trinajstić information content (AvgIpc) is 3.09. The Kier molecular flexibility index (Phi) is 6.47. The molecule has 1 aliphatic rings. The lowest BCUT2D eigenvalue weighted by molar-refractivity contribution is -0.117. The highest BCUT2D eigenvalue weighted by molar-refractivity contribution is 7.93. The van der Waals surface area contributed by atoms with Crippen molar-refractivity contribution >= 4 is 33.4 Å². The van der Waals surface area contributed by atoms with E-state index in [0.29, 0.717) is 16.7 Å². The molecular formula is C25H22N2O6S. The van der Waals surface area contributed by atoms with Crippen molar-refractivity contribution in [2.45, 2.75) is 18.2 Å². The summed E-state index contributed by atoms with van der Waals surface area (Å²) < 4.78 is 32.9. The number of sulfonamides is 1. The molecule has 0 bridgehead atoms. The summed E-state index contributed by atoms with van der Waals surface area (Å²) in [6.45, 7) is 2.01. The van der Waals surface area contributed by atoms with Crippen molar-refractivity contribution < 1.29 is 27.5 Å². The molecule has 0 N–H and O–H groups in total. The molecule has 4 rings (SSSR count). The molecule has 0 fully saturated rings. The van der Waals surface area contributed by atoms with E-state index < -0.39 is 27.7 Å². The number of carbonyl (C=O) groups is 3. The predicted molar refractivity (Wildman–Crippen MR) is 125 cm³/mol. The van der Waals surface area contributed by atoms with Crippen LogP contribution in [0.5, 0.6) is 5.75 Å². The maximum Gasteiger partial charge on any atom is 0.270 e. The number of fused-ring (bicyclic) bond motifs is 1. The minimum absolute atomic E-state index is 0.0574. The van der Waals surface area contributed by atoms with Gasteiger partial charge in [-0.15, -0.1) is 0 Å². The molecule has 34 heavy (non-hydrogen) atoms. The third-order valence-corrected chi connectivity index (χ3v) is 7.08. The van der Waals surface area contributed by atoms with Crippen LogP contribution in [0.2, 0.25) is 0 Å². The number of nitrogens with zero attached hydrogens (tertiary/aromatic N) is 2. The molecule has 3 aromatic carbocycles. The lowest BCUT2D eigenvalue weighted by Crippen LogP contribution is -2.40. The average molecular weight is 479 g/mol. The summed E-state index contributed by atoms with van der Waals surface area (Å²) in [5.74, 6) is -1.26. The Morgan fingerprint density at radius 1 is 0.853 bits per heavy atom. The van der Waals surface area contributed by atoms with Crippen molar-refractivity contribution in [3.63, 3.8) is 0 Å². The highest BCUT2D eigenvalue weighted by atomic mass is 32.2. The lowest BCUT2D eigenvalue weighted by atomic mass is 10.1. The molecule has 174 valence electrons. The van der Waals surface area contributed by atoms with Gasteiger partial charge >= 0.3 is 0 Å². The van der Waals surface area contributed by atoms with Gasteiger partial charge in [0.15, 0.2) is 0 Å². The Balaban J connectivity index is 1.62. The molecule has 0 aromatic heterocycles. The molecule has 0 radical (unpaired) electrons. The number of benzene rings is 3. The Morgan fingerprint density at radius 2 is 1.41 bits per heavy atom. The molecule has 0 atom stereocenters. The van der Waals surface area contributed by atoms with E-state index in [1.165, 1.54) is 24.3 Å². The van der Waals surface area contributed by atoms with Gasteiger partial charge < -0.3 is 4.74 Å². The maximum atomic E-state index is 13.4. The van der Waals surface area contributed by atoms with Crippen molar-refractivity contribution in [2.24, 2.45) is 0 Å². The SMILES string of the molecule is CCOc1ccc(N(C(=O)CCN2C(=O)c3ccccc3C2=O)S(=O)(=O)c2ccccc2)cc1. The van der Waals surface area contributed by atoms with E-state index >= 15 is 0 Å². The number of imide groups is 1. The van der Waals surface area contributed by atoms with Gasteiger partial charge in [-0.3, -0.25) is 19.3 Å². The van der Waals surface area contributed by atoms with Gasteiger partial charge in [0.1, 0.15) is 5.75 Å². The number of rotatable bonds is 8. The van der Waals surface area contributed by atoms with E-state index in [9.17, 15) is 22.8 Å². The summed E-state index contributed by atoms with van der Waals surface area (Å²) >= 11 is 0. The lowest BCUT2D eigenvalue weighted by Gasteiger charge is -2.24. The zero-order valence-electron chi connectivity index (χ0n) is 18.4. The molecular weight excluding hydrogens is 456 g/mol. The van der Waals surface area contributed by atoms with E-state index in [2.05, 4.69) is 0 Å². The summed E-state index contributed by atoms with van der Waals surface area (Å²) in [5, 5.41) is 0. The smallest absolute Gasteiger partial charge is 0.270 e. The Hall–Kier alpha value is -3.98. The van der Waals surface area contributed by atoms with Crippen LogP contribution in [0.1, 0.15) is 34.1 Å². The topological polar surface area (TPSA) is 101 Å². The molecule has 0 saturated carbocycles. The van der Waals surface area contributed by atoms with Gasteiger partial charge in [0, 0.05) is 13.0 Å². The maximum absolute atomic E-state index is 13.4. The van der Waals surface area contributed by atoms with Crippen molar-refractivity contribution in [3.8, 4) is 5.75 Å². The van der Waals surface area contributed by atoms with Crippen molar-refractivity contribution in [2.75, 3.05) is 17.5 Å². The molecule has 0 aliphatic carbocycles. The molecule has 0 spiro atoms. The summed E-state index contributed by atoms with van der Waals surface area (Å²) in [4.78, 5) is 39.4. The van der Waals surface area contributed by atoms with Crippen LogP contribution in [-0.2, 0) is 14.8 Å². The van der Waals surface area contributed by atoms with E-state index in [-0.39, 0.29) is 34.7 Å². The van der Waals surface area contributed by atoms with Crippen LogP contribution in [-0.4, -0.2) is 44.2 Å². The van der Waals surface area contributed by atoms with Gasteiger partial charge in [0.05, 0.1) is 28.3 Å². The first-order chi connectivity index (χ1) is 16.3. The number of carbonyl (C=O) groups excluding carboxylic acids is 3. The van der Waals surface area contributed by atoms with Crippen LogP contribution in [0, 0.1) is 0 Å². The highest BCUT2D eigenvalue weighted by Crippen LogP contribution is 2.28. The van der Waals surface area contributed by atoms with Gasteiger partial charge in [-0.25, -0.2) is 12.7 Å². The summed E-state index contributed by atoms with van der Waals surface area (Å²) in [7, 11) is -4.25. The fourth-order valence-electron chi connectivity index (χ4n) is 3.71. The first-order valence-corrected chi connectivity index (χ1v) is 12.1. The standard InChI is InChI=1S/C25H22N2O6S/c1-2-33-19-14-12-18(13-15-19)27(34(31,32)20-8-4-3-5-9-20)23(28)16-17-26-24(29)21-10-6-7-11-22(21)25(26)30/h3-15H,2,16-17H2,1H3. The first-order valence-electron chi connectivity index (χ1n) is 10.7. The van der Waals surface area contributed by atoms with E-state index in [4.69, 9.17) is 4.74 Å². The second-order valence-electron chi connectivity index (χ2n) is 7.46. The molecule has 3 aromatic rings. The van der Waals surface area contributed by atoms with Crippen LogP contribution < -0.4 is 9.04 Å². The molecule has 0 saturated heterocycles. The number of hydrogen-bond donors (Lipinski definition) is 0. The second-order valence-corrected chi connectivity index (χ2v) is 9.25. The summed E-state index contributed by atoms with van der Waals surface area (Å²) in [6, 6.07) is 20.1. The van der Waals surface area contributed by atoms with E-state index in [1.807, 2.05) is 6.92 Å². The molecule has 1 heterocycles. The van der Waals surface area contributed by atoms with E-state index in [0.717, 1.165) is 4.90 Å². The minimum atomic E-state index is -4.25. The molecule has 3 amide bonds. The van der Waals surface area contributed by atoms with Gasteiger partial charge in [-0.2, -0.15) is 0 Å². The summed E-state index contributed by atoms with van der Waals surface area (Å²) in [6.07, 6.45) is -0.370. The largest absolute Gasteiger partial charge is 0.494 e. The third-order valence-electron chi connectivity index (χ3n) is 5.32. The first kappa shape index (κ1) is 23.2. The van der Waals surface area contributed by atoms with Crippen LogP contribution in [0.3, 0.4) is 0 Å². The molecule has 8 nitrogen and oxygen atoms in total. The zero-order valence-corrected chi connectivity index (χ0v) is 19.2. The number of ether oxygens (including phenoxy) is 1. The van der Waals surface area contributed by atoms with Crippen molar-refractivity contribution in [3.05, 3.63) is 90.0 Å². The number of amides is 3. The monoisotopic (exact) mass is 478 g/mol. The van der Waals surface area contributed by atoms with Gasteiger partial charge in [0.25, 0.3) is 21.8 Å². The van der Waals surface area contributed by atoms with Crippen LogP contribution in [0.15, 0.2) is 83.8 Å². The molecule has 9 heteroatoms. The second kappa shape index (κ2) is 9.48. The fourth-order valence-corrected chi connectivity index (χ4v) is 5.18. The Morgan fingerprint density at radius 3 is 1.97 bits per heavy atom. The minimum Gasteiger partial charge on any atom is -0.494 e. The Labute approximate surface area is 197 Å². The van der Waals surface area contributed by atoms with Gasteiger partial charge in [-0.05, 0) is 55.5 Å². The van der Waals surface area contributed by atoms with Gasteiger partial charge in [0.2, 0.25) is 5.91 Å². The van der Waals surface area contributed by atoms with Crippen LogP contribution >= 0.6 is 0 Å². The molecule has 0 unspecified atom stereocenters. The number of anilines is 1. The van der Waals surface area contributed by atoms with E-state index in [1.54, 1.807) is 54.6 Å². The predicted octanol–water partition coefficient (Wildman–Crippen LogP) is 3.49. The quantitative estimate of drug-likeness (QED) is 0.460. The Bertz CT molecular complexity index is 1300. The van der Waals surface area contributed by atoms with Crippen LogP contribution in [0.25, 0.3) is 0 Å².